The quantitative estimate of drug-likeness (QED) is 0.296. The number of anilines is 1. The Kier molecular flexibility index (Phi) is 10.4. The summed E-state index contributed by atoms with van der Waals surface area (Å²) < 4.78 is 0. The van der Waals surface area contributed by atoms with Crippen molar-refractivity contribution in [1.82, 2.24) is 15.5 Å². The largest absolute Gasteiger partial charge is 0.357 e. The van der Waals surface area contributed by atoms with Crippen LogP contribution < -0.4 is 16.0 Å². The molecule has 0 aromatic heterocycles. The molecule has 1 aromatic rings. The zero-order valence-electron chi connectivity index (χ0n) is 17.9. The number of carbonyl (C=O) groups excluding carboxylic acids is 2. The van der Waals surface area contributed by atoms with Crippen molar-refractivity contribution >= 4 is 47.4 Å². The van der Waals surface area contributed by atoms with Crippen LogP contribution in [-0.4, -0.2) is 49.9 Å². The van der Waals surface area contributed by atoms with Gasteiger partial charge in [0.15, 0.2) is 5.96 Å². The van der Waals surface area contributed by atoms with Crippen LogP contribution in [0.4, 0.5) is 5.69 Å². The summed E-state index contributed by atoms with van der Waals surface area (Å²) in [4.78, 5) is 30.3. The number of nitrogens with one attached hydrogen (secondary N) is 3. The van der Waals surface area contributed by atoms with E-state index < -0.39 is 0 Å². The number of halogens is 1. The second-order valence-electron chi connectivity index (χ2n) is 7.62. The van der Waals surface area contributed by atoms with Gasteiger partial charge >= 0.3 is 0 Å². The third-order valence-electron chi connectivity index (χ3n) is 5.03. The topological polar surface area (TPSA) is 85.8 Å². The second kappa shape index (κ2) is 12.0. The van der Waals surface area contributed by atoms with Crippen LogP contribution in [0, 0.1) is 5.41 Å². The summed E-state index contributed by atoms with van der Waals surface area (Å²) in [6.45, 7) is 5.32. The van der Waals surface area contributed by atoms with E-state index >= 15 is 0 Å². The fourth-order valence-electron chi connectivity index (χ4n) is 3.71. The molecule has 1 fully saturated rings. The van der Waals surface area contributed by atoms with Crippen molar-refractivity contribution in [2.45, 2.75) is 46.1 Å². The summed E-state index contributed by atoms with van der Waals surface area (Å²) in [7, 11) is 3.65. The van der Waals surface area contributed by atoms with Gasteiger partial charge in [-0.1, -0.05) is 25.0 Å². The highest BCUT2D eigenvalue weighted by molar-refractivity contribution is 14.0. The van der Waals surface area contributed by atoms with Gasteiger partial charge in [-0.3, -0.25) is 9.59 Å². The second-order valence-corrected chi connectivity index (χ2v) is 7.62. The standard InChI is InChI=1S/C21H33N5O2.HI/c1-5-22-20(23-14-17-9-8-10-18(13-17)25-16(2)27)24-15-21(11-6-7-12-21)19(28)26(3)4;/h8-10,13H,5-7,11-12,14-15H2,1-4H3,(H,25,27)(H2,22,23,24);1H. The average molecular weight is 515 g/mol. The summed E-state index contributed by atoms with van der Waals surface area (Å²) in [5.41, 5.74) is 1.42. The van der Waals surface area contributed by atoms with Crippen molar-refractivity contribution in [2.24, 2.45) is 10.4 Å². The third-order valence-corrected chi connectivity index (χ3v) is 5.03. The number of benzene rings is 1. The lowest BCUT2D eigenvalue weighted by atomic mass is 9.84. The molecule has 0 aliphatic heterocycles. The zero-order valence-corrected chi connectivity index (χ0v) is 20.2. The fraction of sp³-hybridized carbons (Fsp3) is 0.571. The Morgan fingerprint density at radius 2 is 1.86 bits per heavy atom. The van der Waals surface area contributed by atoms with Crippen molar-refractivity contribution in [2.75, 3.05) is 32.5 Å². The molecule has 1 aliphatic rings. The Bertz CT molecular complexity index is 715. The molecule has 0 radical (unpaired) electrons. The Balaban J connectivity index is 0.00000420. The van der Waals surface area contributed by atoms with Crippen LogP contribution in [0.15, 0.2) is 29.3 Å². The highest BCUT2D eigenvalue weighted by Crippen LogP contribution is 2.38. The molecular formula is C21H34IN5O2. The molecule has 162 valence electrons. The fourth-order valence-corrected chi connectivity index (χ4v) is 3.71. The Hall–Kier alpha value is -1.84. The Labute approximate surface area is 191 Å². The van der Waals surface area contributed by atoms with Gasteiger partial charge in [0, 0.05) is 39.8 Å². The summed E-state index contributed by atoms with van der Waals surface area (Å²) in [6, 6.07) is 7.66. The van der Waals surface area contributed by atoms with Gasteiger partial charge in [-0.2, -0.15) is 0 Å². The monoisotopic (exact) mass is 515 g/mol. The van der Waals surface area contributed by atoms with Crippen LogP contribution in [0.2, 0.25) is 0 Å². The van der Waals surface area contributed by atoms with Crippen molar-refractivity contribution in [1.29, 1.82) is 0 Å². The number of hydrogen-bond acceptors (Lipinski definition) is 3. The van der Waals surface area contributed by atoms with E-state index in [9.17, 15) is 9.59 Å². The minimum atomic E-state index is -0.342. The molecule has 3 N–H and O–H groups in total. The Morgan fingerprint density at radius 3 is 2.45 bits per heavy atom. The van der Waals surface area contributed by atoms with E-state index in [4.69, 9.17) is 0 Å². The number of nitrogens with zero attached hydrogens (tertiary/aromatic N) is 2. The maximum Gasteiger partial charge on any atom is 0.230 e. The summed E-state index contributed by atoms with van der Waals surface area (Å²) in [5, 5.41) is 9.42. The first kappa shape index (κ1) is 25.2. The van der Waals surface area contributed by atoms with Crippen molar-refractivity contribution in [3.05, 3.63) is 29.8 Å². The van der Waals surface area contributed by atoms with Gasteiger partial charge in [-0.15, -0.1) is 24.0 Å². The number of rotatable bonds is 7. The van der Waals surface area contributed by atoms with Gasteiger partial charge < -0.3 is 20.9 Å². The summed E-state index contributed by atoms with van der Waals surface area (Å²) in [5.74, 6) is 0.796. The predicted octanol–water partition coefficient (Wildman–Crippen LogP) is 2.97. The van der Waals surface area contributed by atoms with Crippen molar-refractivity contribution < 1.29 is 9.59 Å². The van der Waals surface area contributed by atoms with E-state index in [1.165, 1.54) is 6.92 Å². The van der Waals surface area contributed by atoms with Gasteiger partial charge in [-0.05, 0) is 37.5 Å². The Morgan fingerprint density at radius 1 is 1.17 bits per heavy atom. The van der Waals surface area contributed by atoms with E-state index in [-0.39, 0.29) is 41.2 Å². The first-order valence-corrected chi connectivity index (χ1v) is 9.97. The van der Waals surface area contributed by atoms with E-state index in [0.717, 1.165) is 43.5 Å². The predicted molar refractivity (Wildman–Crippen MR) is 129 cm³/mol. The molecule has 2 rings (SSSR count). The van der Waals surface area contributed by atoms with Crippen LogP contribution in [0.5, 0.6) is 0 Å². The number of guanidine groups is 1. The lowest BCUT2D eigenvalue weighted by Crippen LogP contribution is -2.49. The van der Waals surface area contributed by atoms with Gasteiger partial charge in [0.25, 0.3) is 0 Å². The maximum atomic E-state index is 12.7. The molecular weight excluding hydrogens is 481 g/mol. The van der Waals surface area contributed by atoms with Crippen molar-refractivity contribution in [3.8, 4) is 0 Å². The van der Waals surface area contributed by atoms with E-state index in [0.29, 0.717) is 19.0 Å². The van der Waals surface area contributed by atoms with Crippen LogP contribution in [0.25, 0.3) is 0 Å². The molecule has 0 saturated heterocycles. The van der Waals surface area contributed by atoms with Crippen molar-refractivity contribution in [3.63, 3.8) is 0 Å². The molecule has 1 aliphatic carbocycles. The molecule has 0 bridgehead atoms. The van der Waals surface area contributed by atoms with Crippen LogP contribution in [-0.2, 0) is 16.1 Å². The van der Waals surface area contributed by atoms with E-state index in [1.54, 1.807) is 4.90 Å². The highest BCUT2D eigenvalue weighted by Gasteiger charge is 2.42. The number of amides is 2. The van der Waals surface area contributed by atoms with Crippen LogP contribution in [0.3, 0.4) is 0 Å². The first-order valence-electron chi connectivity index (χ1n) is 9.97. The third kappa shape index (κ3) is 7.49. The molecule has 0 unspecified atom stereocenters. The number of carbonyl (C=O) groups is 2. The van der Waals surface area contributed by atoms with Gasteiger partial charge in [0.05, 0.1) is 12.0 Å². The van der Waals surface area contributed by atoms with Crippen LogP contribution in [0.1, 0.15) is 45.1 Å². The van der Waals surface area contributed by atoms with Gasteiger partial charge in [-0.25, -0.2) is 4.99 Å². The lowest BCUT2D eigenvalue weighted by molar-refractivity contribution is -0.138. The molecule has 1 aromatic carbocycles. The molecule has 7 nitrogen and oxygen atoms in total. The minimum absolute atomic E-state index is 0. The molecule has 0 atom stereocenters. The van der Waals surface area contributed by atoms with Crippen LogP contribution >= 0.6 is 24.0 Å². The molecule has 8 heteroatoms. The maximum absolute atomic E-state index is 12.7. The van der Waals surface area contributed by atoms with Gasteiger partial charge in [0.2, 0.25) is 11.8 Å². The molecule has 1 saturated carbocycles. The summed E-state index contributed by atoms with van der Waals surface area (Å²) >= 11 is 0. The number of aliphatic imine (C=N–C) groups is 1. The zero-order chi connectivity index (χ0) is 20.6. The molecule has 2 amide bonds. The highest BCUT2D eigenvalue weighted by atomic mass is 127. The van der Waals surface area contributed by atoms with E-state index in [1.807, 2.05) is 45.3 Å². The lowest BCUT2D eigenvalue weighted by Gasteiger charge is -2.31. The minimum Gasteiger partial charge on any atom is -0.357 e. The SMILES string of the molecule is CCNC(=NCc1cccc(NC(C)=O)c1)NCC1(C(=O)N(C)C)CCCC1.I. The molecule has 0 heterocycles. The summed E-state index contributed by atoms with van der Waals surface area (Å²) in [6.07, 6.45) is 4.00. The number of hydrogen-bond donors (Lipinski definition) is 3. The van der Waals surface area contributed by atoms with Gasteiger partial charge in [0.1, 0.15) is 0 Å². The smallest absolute Gasteiger partial charge is 0.230 e. The molecule has 29 heavy (non-hydrogen) atoms. The normalized spacial score (nSPS) is 15.2. The first-order chi connectivity index (χ1) is 13.4. The molecule has 0 spiro atoms. The average Bonchev–Trinajstić information content (AvgIpc) is 3.13. The van der Waals surface area contributed by atoms with E-state index in [2.05, 4.69) is 20.9 Å².